The monoisotopic (exact) mass is 429 g/mol. The molecule has 1 N–H and O–H groups in total. The molecule has 0 radical (unpaired) electrons. The summed E-state index contributed by atoms with van der Waals surface area (Å²) in [6.45, 7) is 1.06. The molecule has 0 unspecified atom stereocenters. The third kappa shape index (κ3) is 4.89. The molecule has 27 heavy (non-hydrogen) atoms. The lowest BCUT2D eigenvalue weighted by atomic mass is 10.1. The second-order valence-electron chi connectivity index (χ2n) is 5.93. The molecule has 1 aromatic heterocycles. The first-order valence-electron chi connectivity index (χ1n) is 8.35. The summed E-state index contributed by atoms with van der Waals surface area (Å²) in [6, 6.07) is 13.1. The summed E-state index contributed by atoms with van der Waals surface area (Å²) in [4.78, 5) is 12.4. The zero-order valence-corrected chi connectivity index (χ0v) is 16.7. The molecule has 3 rings (SSSR count). The van der Waals surface area contributed by atoms with Crippen LogP contribution in [0.1, 0.15) is 21.5 Å². The Morgan fingerprint density at radius 3 is 2.41 bits per heavy atom. The predicted octanol–water partition coefficient (Wildman–Crippen LogP) is 3.64. The maximum Gasteiger partial charge on any atom is 0.251 e. The van der Waals surface area contributed by atoms with E-state index in [-0.39, 0.29) is 5.91 Å². The number of amides is 1. The molecule has 0 aliphatic carbocycles. The van der Waals surface area contributed by atoms with Gasteiger partial charge in [0.15, 0.2) is 11.5 Å². The molecule has 0 saturated carbocycles. The van der Waals surface area contributed by atoms with Crippen LogP contribution in [0.15, 0.2) is 59.3 Å². The van der Waals surface area contributed by atoms with Crippen molar-refractivity contribution < 1.29 is 14.3 Å². The molecule has 0 atom stereocenters. The minimum atomic E-state index is -0.127. The number of benzene rings is 2. The summed E-state index contributed by atoms with van der Waals surface area (Å²) in [6.07, 6.45) is 3.65. The third-order valence-corrected chi connectivity index (χ3v) is 4.47. The Bertz CT molecular complexity index is 922. The molecule has 2 aromatic carbocycles. The van der Waals surface area contributed by atoms with Crippen LogP contribution in [-0.4, -0.2) is 29.9 Å². The Morgan fingerprint density at radius 1 is 1.07 bits per heavy atom. The van der Waals surface area contributed by atoms with Crippen molar-refractivity contribution in [1.82, 2.24) is 15.1 Å². The number of hydrogen-bond donors (Lipinski definition) is 1. The molecule has 1 amide bonds. The van der Waals surface area contributed by atoms with Gasteiger partial charge in [-0.15, -0.1) is 0 Å². The van der Waals surface area contributed by atoms with Crippen molar-refractivity contribution in [3.05, 3.63) is 76.0 Å². The quantitative estimate of drug-likeness (QED) is 0.622. The summed E-state index contributed by atoms with van der Waals surface area (Å²) < 4.78 is 13.3. The van der Waals surface area contributed by atoms with E-state index in [1.165, 1.54) is 0 Å². The van der Waals surface area contributed by atoms with Gasteiger partial charge in [-0.3, -0.25) is 9.48 Å². The first-order chi connectivity index (χ1) is 13.1. The lowest BCUT2D eigenvalue weighted by Gasteiger charge is -2.10. The van der Waals surface area contributed by atoms with Gasteiger partial charge in [0, 0.05) is 18.3 Å². The Balaban J connectivity index is 1.59. The number of carbonyl (C=O) groups is 1. The van der Waals surface area contributed by atoms with Gasteiger partial charge < -0.3 is 14.8 Å². The number of carbonyl (C=O) groups excluding carboxylic acids is 1. The molecular weight excluding hydrogens is 410 g/mol. The van der Waals surface area contributed by atoms with Crippen LogP contribution in [0, 0.1) is 0 Å². The smallest absolute Gasteiger partial charge is 0.251 e. The molecular formula is C20H20BrN3O3. The van der Waals surface area contributed by atoms with Gasteiger partial charge in [-0.2, -0.15) is 5.10 Å². The Labute approximate surface area is 166 Å². The van der Waals surface area contributed by atoms with Crippen LogP contribution in [-0.2, 0) is 13.1 Å². The van der Waals surface area contributed by atoms with Crippen molar-refractivity contribution in [1.29, 1.82) is 0 Å². The summed E-state index contributed by atoms with van der Waals surface area (Å²) >= 11 is 3.38. The van der Waals surface area contributed by atoms with Crippen LogP contribution in [0.2, 0.25) is 0 Å². The second-order valence-corrected chi connectivity index (χ2v) is 6.84. The zero-order chi connectivity index (χ0) is 19.2. The van der Waals surface area contributed by atoms with E-state index in [0.717, 1.165) is 15.6 Å². The lowest BCUT2D eigenvalue weighted by Crippen LogP contribution is -2.22. The van der Waals surface area contributed by atoms with Gasteiger partial charge in [0.2, 0.25) is 0 Å². The van der Waals surface area contributed by atoms with Crippen molar-refractivity contribution >= 4 is 21.8 Å². The molecule has 1 heterocycles. The minimum absolute atomic E-state index is 0.127. The van der Waals surface area contributed by atoms with E-state index < -0.39 is 0 Å². The van der Waals surface area contributed by atoms with Crippen LogP contribution in [0.25, 0.3) is 0 Å². The number of halogens is 1. The van der Waals surface area contributed by atoms with Gasteiger partial charge in [0.1, 0.15) is 0 Å². The highest BCUT2D eigenvalue weighted by Gasteiger charge is 2.08. The number of rotatable bonds is 7. The van der Waals surface area contributed by atoms with Gasteiger partial charge in [0.05, 0.1) is 31.4 Å². The normalized spacial score (nSPS) is 10.5. The van der Waals surface area contributed by atoms with Gasteiger partial charge in [-0.25, -0.2) is 0 Å². The molecule has 0 aliphatic rings. The number of methoxy groups -OCH3 is 2. The largest absolute Gasteiger partial charge is 0.493 e. The molecule has 0 fully saturated rings. The van der Waals surface area contributed by atoms with Crippen molar-refractivity contribution in [2.75, 3.05) is 14.2 Å². The maximum absolute atomic E-state index is 12.4. The topological polar surface area (TPSA) is 65.4 Å². The SMILES string of the molecule is COc1ccc(CNC(=O)c2ccc(Cn3cc(Br)cn3)cc2)cc1OC. The van der Waals surface area contributed by atoms with Crippen molar-refractivity contribution in [3.63, 3.8) is 0 Å². The Morgan fingerprint density at radius 2 is 1.78 bits per heavy atom. The highest BCUT2D eigenvalue weighted by atomic mass is 79.9. The van der Waals surface area contributed by atoms with Gasteiger partial charge in [0.25, 0.3) is 5.91 Å². The van der Waals surface area contributed by atoms with Gasteiger partial charge >= 0.3 is 0 Å². The van der Waals surface area contributed by atoms with E-state index in [1.54, 1.807) is 20.4 Å². The summed E-state index contributed by atoms with van der Waals surface area (Å²) in [7, 11) is 3.18. The number of nitrogens with one attached hydrogen (secondary N) is 1. The number of ether oxygens (including phenoxy) is 2. The molecule has 0 aliphatic heterocycles. The maximum atomic E-state index is 12.4. The van der Waals surface area contributed by atoms with Gasteiger partial charge in [-0.05, 0) is 51.3 Å². The van der Waals surface area contributed by atoms with E-state index in [2.05, 4.69) is 26.3 Å². The molecule has 0 spiro atoms. The van der Waals surface area contributed by atoms with Crippen molar-refractivity contribution in [3.8, 4) is 11.5 Å². The first-order valence-corrected chi connectivity index (χ1v) is 9.14. The average molecular weight is 430 g/mol. The Hall–Kier alpha value is -2.80. The van der Waals surface area contributed by atoms with Crippen molar-refractivity contribution in [2.24, 2.45) is 0 Å². The van der Waals surface area contributed by atoms with E-state index in [1.807, 2.05) is 53.3 Å². The molecule has 7 heteroatoms. The number of hydrogen-bond acceptors (Lipinski definition) is 4. The van der Waals surface area contributed by atoms with Crippen LogP contribution in [0.5, 0.6) is 11.5 Å². The lowest BCUT2D eigenvalue weighted by molar-refractivity contribution is 0.0951. The number of nitrogens with zero attached hydrogens (tertiary/aromatic N) is 2. The standard InChI is InChI=1S/C20H20BrN3O3/c1-26-18-8-5-15(9-19(18)27-2)10-22-20(25)16-6-3-14(4-7-16)12-24-13-17(21)11-23-24/h3-9,11,13H,10,12H2,1-2H3,(H,22,25). The van der Waals surface area contributed by atoms with Gasteiger partial charge in [-0.1, -0.05) is 18.2 Å². The fourth-order valence-electron chi connectivity index (χ4n) is 2.65. The summed E-state index contributed by atoms with van der Waals surface area (Å²) in [5.74, 6) is 1.17. The summed E-state index contributed by atoms with van der Waals surface area (Å²) in [5.41, 5.74) is 2.62. The van der Waals surface area contributed by atoms with Crippen LogP contribution in [0.4, 0.5) is 0 Å². The minimum Gasteiger partial charge on any atom is -0.493 e. The highest BCUT2D eigenvalue weighted by molar-refractivity contribution is 9.10. The fourth-order valence-corrected chi connectivity index (χ4v) is 2.98. The number of aromatic nitrogens is 2. The molecule has 3 aromatic rings. The van der Waals surface area contributed by atoms with Crippen LogP contribution < -0.4 is 14.8 Å². The second kappa shape index (κ2) is 8.73. The van der Waals surface area contributed by atoms with E-state index in [9.17, 15) is 4.79 Å². The van der Waals surface area contributed by atoms with E-state index in [0.29, 0.717) is 30.2 Å². The van der Waals surface area contributed by atoms with Crippen molar-refractivity contribution in [2.45, 2.75) is 13.1 Å². The average Bonchev–Trinajstić information content (AvgIpc) is 3.11. The molecule has 0 bridgehead atoms. The third-order valence-electron chi connectivity index (χ3n) is 4.06. The fraction of sp³-hybridized carbons (Fsp3) is 0.200. The molecule has 0 saturated heterocycles. The van der Waals surface area contributed by atoms with E-state index >= 15 is 0 Å². The predicted molar refractivity (Wildman–Crippen MR) is 106 cm³/mol. The van der Waals surface area contributed by atoms with Crippen LogP contribution >= 0.6 is 15.9 Å². The first kappa shape index (κ1) is 19.0. The zero-order valence-electron chi connectivity index (χ0n) is 15.1. The van der Waals surface area contributed by atoms with Crippen LogP contribution in [0.3, 0.4) is 0 Å². The molecule has 6 nitrogen and oxygen atoms in total. The molecule has 140 valence electrons. The summed E-state index contributed by atoms with van der Waals surface area (Å²) in [5, 5.41) is 7.15. The highest BCUT2D eigenvalue weighted by Crippen LogP contribution is 2.27. The Kier molecular flexibility index (Phi) is 6.13. The van der Waals surface area contributed by atoms with E-state index in [4.69, 9.17) is 9.47 Å².